The van der Waals surface area contributed by atoms with Crippen molar-refractivity contribution < 1.29 is 4.74 Å². The van der Waals surface area contributed by atoms with Crippen LogP contribution in [0.5, 0.6) is 0 Å². The van der Waals surface area contributed by atoms with E-state index >= 15 is 0 Å². The third-order valence-electron chi connectivity index (χ3n) is 3.47. The molecule has 3 heteroatoms. The van der Waals surface area contributed by atoms with Crippen LogP contribution in [0.1, 0.15) is 31.9 Å². The van der Waals surface area contributed by atoms with Crippen LogP contribution in [0.2, 0.25) is 0 Å². The van der Waals surface area contributed by atoms with Gasteiger partial charge in [0.1, 0.15) is 0 Å². The topological polar surface area (TPSA) is 24.5 Å². The summed E-state index contributed by atoms with van der Waals surface area (Å²) in [4.78, 5) is 2.32. The third-order valence-corrected chi connectivity index (χ3v) is 3.47. The fraction of sp³-hybridized carbons (Fsp3) is 0.647. The van der Waals surface area contributed by atoms with Crippen LogP contribution < -0.4 is 5.32 Å². The van der Waals surface area contributed by atoms with E-state index in [-0.39, 0.29) is 0 Å². The molecule has 1 aromatic rings. The van der Waals surface area contributed by atoms with Gasteiger partial charge in [0.2, 0.25) is 0 Å². The third kappa shape index (κ3) is 6.51. The van der Waals surface area contributed by atoms with Gasteiger partial charge in [-0.3, -0.25) is 4.90 Å². The van der Waals surface area contributed by atoms with Crippen LogP contribution in [0.3, 0.4) is 0 Å². The number of hydrogen-bond donors (Lipinski definition) is 1. The standard InChI is InChI=1S/C17H30N2O/c1-14(2)10-18-11-16-7-6-8-17(9-16)12-19(4)15(3)13-20-5/h6-9,14-15,18H,10-13H2,1-5H3. The monoisotopic (exact) mass is 278 g/mol. The van der Waals surface area contributed by atoms with Crippen molar-refractivity contribution in [2.75, 3.05) is 27.3 Å². The molecule has 1 aromatic carbocycles. The molecule has 0 aliphatic carbocycles. The number of nitrogens with one attached hydrogen (secondary N) is 1. The van der Waals surface area contributed by atoms with Gasteiger partial charge >= 0.3 is 0 Å². The van der Waals surface area contributed by atoms with E-state index in [0.717, 1.165) is 26.2 Å². The van der Waals surface area contributed by atoms with Crippen molar-refractivity contribution in [3.8, 4) is 0 Å². The van der Waals surface area contributed by atoms with Crippen LogP contribution >= 0.6 is 0 Å². The molecule has 0 radical (unpaired) electrons. The lowest BCUT2D eigenvalue weighted by Gasteiger charge is -2.24. The van der Waals surface area contributed by atoms with Gasteiger partial charge in [-0.05, 0) is 37.6 Å². The molecule has 1 unspecified atom stereocenters. The molecule has 0 fully saturated rings. The lowest BCUT2D eigenvalue weighted by molar-refractivity contribution is 0.112. The zero-order valence-corrected chi connectivity index (χ0v) is 13.6. The molecule has 114 valence electrons. The summed E-state index contributed by atoms with van der Waals surface area (Å²) in [5.74, 6) is 0.694. The Bertz CT molecular complexity index is 379. The second kappa shape index (κ2) is 9.11. The van der Waals surface area contributed by atoms with Crippen LogP contribution in [0, 0.1) is 5.92 Å². The molecule has 0 saturated carbocycles. The quantitative estimate of drug-likeness (QED) is 0.751. The van der Waals surface area contributed by atoms with Crippen molar-refractivity contribution in [3.05, 3.63) is 35.4 Å². The minimum Gasteiger partial charge on any atom is -0.383 e. The van der Waals surface area contributed by atoms with Crippen molar-refractivity contribution in [1.29, 1.82) is 0 Å². The van der Waals surface area contributed by atoms with E-state index < -0.39 is 0 Å². The van der Waals surface area contributed by atoms with Gasteiger partial charge in [-0.1, -0.05) is 38.1 Å². The van der Waals surface area contributed by atoms with E-state index in [4.69, 9.17) is 4.74 Å². The summed E-state index contributed by atoms with van der Waals surface area (Å²) in [7, 11) is 3.90. The molecule has 1 atom stereocenters. The molecule has 0 aromatic heterocycles. The molecule has 0 spiro atoms. The Labute approximate surface area is 124 Å². The Morgan fingerprint density at radius 1 is 1.20 bits per heavy atom. The average molecular weight is 278 g/mol. The van der Waals surface area contributed by atoms with E-state index in [2.05, 4.69) is 62.3 Å². The molecule has 0 aliphatic rings. The second-order valence-electron chi connectivity index (χ2n) is 6.06. The smallest absolute Gasteiger partial charge is 0.0615 e. The molecule has 0 bridgehead atoms. The Balaban J connectivity index is 2.50. The van der Waals surface area contributed by atoms with Crippen LogP contribution in [0.15, 0.2) is 24.3 Å². The van der Waals surface area contributed by atoms with Gasteiger partial charge in [-0.25, -0.2) is 0 Å². The maximum Gasteiger partial charge on any atom is 0.0615 e. The van der Waals surface area contributed by atoms with Gasteiger partial charge in [0.05, 0.1) is 6.61 Å². The summed E-state index contributed by atoms with van der Waals surface area (Å²) >= 11 is 0. The van der Waals surface area contributed by atoms with E-state index in [9.17, 15) is 0 Å². The van der Waals surface area contributed by atoms with Gasteiger partial charge in [0.15, 0.2) is 0 Å². The van der Waals surface area contributed by atoms with E-state index in [1.54, 1.807) is 7.11 Å². The molecule has 1 rings (SSSR count). The minimum atomic E-state index is 0.433. The van der Waals surface area contributed by atoms with Gasteiger partial charge < -0.3 is 10.1 Å². The van der Waals surface area contributed by atoms with E-state index in [0.29, 0.717) is 12.0 Å². The summed E-state index contributed by atoms with van der Waals surface area (Å²) in [6.07, 6.45) is 0. The van der Waals surface area contributed by atoms with Crippen molar-refractivity contribution in [3.63, 3.8) is 0 Å². The van der Waals surface area contributed by atoms with Gasteiger partial charge in [-0.15, -0.1) is 0 Å². The normalized spacial score (nSPS) is 13.2. The number of rotatable bonds is 9. The summed E-state index contributed by atoms with van der Waals surface area (Å²) < 4.78 is 5.21. The molecule has 20 heavy (non-hydrogen) atoms. The first-order valence-electron chi connectivity index (χ1n) is 7.50. The number of methoxy groups -OCH3 is 1. The van der Waals surface area contributed by atoms with Crippen LogP contribution in [0.4, 0.5) is 0 Å². The number of likely N-dealkylation sites (N-methyl/N-ethyl adjacent to an activating group) is 1. The number of ether oxygens (including phenoxy) is 1. The predicted octanol–water partition coefficient (Wildman–Crippen LogP) is 2.90. The highest BCUT2D eigenvalue weighted by molar-refractivity contribution is 5.23. The molecule has 3 nitrogen and oxygen atoms in total. The van der Waals surface area contributed by atoms with Crippen molar-refractivity contribution >= 4 is 0 Å². The minimum absolute atomic E-state index is 0.433. The molecule has 0 amide bonds. The lowest BCUT2D eigenvalue weighted by Crippen LogP contribution is -2.32. The maximum absolute atomic E-state index is 5.21. The van der Waals surface area contributed by atoms with E-state index in [1.165, 1.54) is 11.1 Å². The molecular weight excluding hydrogens is 248 g/mol. The lowest BCUT2D eigenvalue weighted by atomic mass is 10.1. The number of benzene rings is 1. The predicted molar refractivity (Wildman–Crippen MR) is 85.8 cm³/mol. The summed E-state index contributed by atoms with van der Waals surface area (Å²) in [6, 6.07) is 9.26. The molecule has 0 saturated heterocycles. The Hall–Kier alpha value is -0.900. The number of nitrogens with zero attached hydrogens (tertiary/aromatic N) is 1. The highest BCUT2D eigenvalue weighted by Crippen LogP contribution is 2.10. The largest absolute Gasteiger partial charge is 0.383 e. The van der Waals surface area contributed by atoms with Gasteiger partial charge in [0.25, 0.3) is 0 Å². The zero-order valence-electron chi connectivity index (χ0n) is 13.6. The SMILES string of the molecule is COCC(C)N(C)Cc1cccc(CNCC(C)C)c1. The highest BCUT2D eigenvalue weighted by Gasteiger charge is 2.09. The fourth-order valence-corrected chi connectivity index (χ4v) is 2.16. The second-order valence-corrected chi connectivity index (χ2v) is 6.06. The van der Waals surface area contributed by atoms with Crippen molar-refractivity contribution in [2.45, 2.75) is 39.9 Å². The summed E-state index contributed by atoms with van der Waals surface area (Å²) in [5, 5.41) is 3.49. The summed E-state index contributed by atoms with van der Waals surface area (Å²) in [6.45, 7) is 10.4. The first-order chi connectivity index (χ1) is 9.52. The zero-order chi connectivity index (χ0) is 15.0. The first-order valence-corrected chi connectivity index (χ1v) is 7.50. The maximum atomic E-state index is 5.21. The Morgan fingerprint density at radius 3 is 2.55 bits per heavy atom. The fourth-order valence-electron chi connectivity index (χ4n) is 2.16. The van der Waals surface area contributed by atoms with Crippen LogP contribution in [0.25, 0.3) is 0 Å². The molecule has 0 heterocycles. The van der Waals surface area contributed by atoms with E-state index in [1.807, 2.05) is 0 Å². The van der Waals surface area contributed by atoms with Crippen LogP contribution in [-0.2, 0) is 17.8 Å². The Morgan fingerprint density at radius 2 is 1.90 bits per heavy atom. The highest BCUT2D eigenvalue weighted by atomic mass is 16.5. The molecule has 1 N–H and O–H groups in total. The average Bonchev–Trinajstić information content (AvgIpc) is 2.39. The summed E-state index contributed by atoms with van der Waals surface area (Å²) in [5.41, 5.74) is 2.72. The Kier molecular flexibility index (Phi) is 7.82. The number of hydrogen-bond acceptors (Lipinski definition) is 3. The molecule has 0 aliphatic heterocycles. The first kappa shape index (κ1) is 17.2. The van der Waals surface area contributed by atoms with Gasteiger partial charge in [-0.2, -0.15) is 0 Å². The van der Waals surface area contributed by atoms with Crippen molar-refractivity contribution in [1.82, 2.24) is 10.2 Å². The van der Waals surface area contributed by atoms with Crippen LogP contribution in [-0.4, -0.2) is 38.3 Å². The van der Waals surface area contributed by atoms with Crippen molar-refractivity contribution in [2.24, 2.45) is 5.92 Å². The molecular formula is C17H30N2O. The van der Waals surface area contributed by atoms with Gasteiger partial charge in [0, 0.05) is 26.2 Å².